The van der Waals surface area contributed by atoms with Gasteiger partial charge in [0.15, 0.2) is 0 Å². The predicted molar refractivity (Wildman–Crippen MR) is 152 cm³/mol. The lowest BCUT2D eigenvalue weighted by Crippen LogP contribution is -2.27. The number of aliphatic hydroxyl groups is 1. The van der Waals surface area contributed by atoms with Crippen molar-refractivity contribution in [3.05, 3.63) is 95.6 Å². The van der Waals surface area contributed by atoms with Gasteiger partial charge in [0.1, 0.15) is 12.0 Å². The van der Waals surface area contributed by atoms with Gasteiger partial charge in [-0.25, -0.2) is 0 Å². The predicted octanol–water partition coefficient (Wildman–Crippen LogP) is 5.81. The fraction of sp³-hybridized carbons (Fsp3) is 0.355. The first-order valence-electron chi connectivity index (χ1n) is 13.0. The Labute approximate surface area is 216 Å². The SMILES string of the molecule is CC/C(=C(\c1ccc(O)cc1)c1ccc(NCCNCCCCC(O)N(C)C)cc1)c1ccccc1. The first kappa shape index (κ1) is 27.5. The lowest BCUT2D eigenvalue weighted by atomic mass is 9.88. The number of nitrogens with one attached hydrogen (secondary N) is 2. The third-order valence-corrected chi connectivity index (χ3v) is 6.40. The van der Waals surface area contributed by atoms with Gasteiger partial charge in [-0.05, 0) is 98.4 Å². The van der Waals surface area contributed by atoms with Gasteiger partial charge in [0.2, 0.25) is 0 Å². The molecule has 0 heterocycles. The minimum Gasteiger partial charge on any atom is -0.508 e. The van der Waals surface area contributed by atoms with Crippen LogP contribution in [0, 0.1) is 0 Å². The molecule has 4 N–H and O–H groups in total. The van der Waals surface area contributed by atoms with Crippen molar-refractivity contribution in [3.63, 3.8) is 0 Å². The highest BCUT2D eigenvalue weighted by molar-refractivity contribution is 5.98. The van der Waals surface area contributed by atoms with Crippen molar-refractivity contribution in [2.45, 2.75) is 38.8 Å². The number of phenols is 1. The molecule has 0 radical (unpaired) electrons. The summed E-state index contributed by atoms with van der Waals surface area (Å²) in [5, 5.41) is 26.6. The van der Waals surface area contributed by atoms with Crippen LogP contribution in [0.5, 0.6) is 5.75 Å². The Morgan fingerprint density at radius 3 is 2.03 bits per heavy atom. The highest BCUT2D eigenvalue weighted by Gasteiger charge is 2.13. The van der Waals surface area contributed by atoms with Crippen LogP contribution in [0.15, 0.2) is 78.9 Å². The summed E-state index contributed by atoms with van der Waals surface area (Å²) in [5.74, 6) is 0.273. The second-order valence-electron chi connectivity index (χ2n) is 9.31. The van der Waals surface area contributed by atoms with E-state index in [0.717, 1.165) is 62.1 Å². The molecule has 0 amide bonds. The third kappa shape index (κ3) is 8.23. The highest BCUT2D eigenvalue weighted by atomic mass is 16.3. The van der Waals surface area contributed by atoms with E-state index >= 15 is 0 Å². The van der Waals surface area contributed by atoms with Crippen molar-refractivity contribution in [1.82, 2.24) is 10.2 Å². The van der Waals surface area contributed by atoms with Crippen LogP contribution in [0.25, 0.3) is 11.1 Å². The van der Waals surface area contributed by atoms with E-state index in [4.69, 9.17) is 0 Å². The molecule has 0 spiro atoms. The van der Waals surface area contributed by atoms with Gasteiger partial charge in [-0.2, -0.15) is 0 Å². The molecule has 0 fully saturated rings. The number of rotatable bonds is 14. The lowest BCUT2D eigenvalue weighted by Gasteiger charge is -2.18. The summed E-state index contributed by atoms with van der Waals surface area (Å²) < 4.78 is 0. The Hall–Kier alpha value is -3.12. The average Bonchev–Trinajstić information content (AvgIpc) is 2.90. The molecule has 0 aliphatic carbocycles. The van der Waals surface area contributed by atoms with E-state index < -0.39 is 0 Å². The molecule has 5 nitrogen and oxygen atoms in total. The van der Waals surface area contributed by atoms with E-state index in [2.05, 4.69) is 66.1 Å². The molecule has 0 bridgehead atoms. The quantitative estimate of drug-likeness (QED) is 0.131. The van der Waals surface area contributed by atoms with E-state index in [-0.39, 0.29) is 12.0 Å². The topological polar surface area (TPSA) is 67.8 Å². The zero-order chi connectivity index (χ0) is 25.8. The Kier molecular flexibility index (Phi) is 11.0. The summed E-state index contributed by atoms with van der Waals surface area (Å²) in [6.45, 7) is 4.89. The van der Waals surface area contributed by atoms with E-state index in [1.807, 2.05) is 37.2 Å². The van der Waals surface area contributed by atoms with Gasteiger partial charge in [0, 0.05) is 18.8 Å². The molecule has 1 unspecified atom stereocenters. The van der Waals surface area contributed by atoms with Gasteiger partial charge in [-0.1, -0.05) is 61.5 Å². The number of anilines is 1. The number of unbranched alkanes of at least 4 members (excludes halogenated alkanes) is 1. The number of nitrogens with zero attached hydrogens (tertiary/aromatic N) is 1. The Balaban J connectivity index is 1.62. The molecule has 5 heteroatoms. The molecule has 3 aromatic carbocycles. The van der Waals surface area contributed by atoms with Gasteiger partial charge < -0.3 is 20.8 Å². The molecule has 0 aromatic heterocycles. The second-order valence-corrected chi connectivity index (χ2v) is 9.31. The van der Waals surface area contributed by atoms with Crippen LogP contribution in [0.2, 0.25) is 0 Å². The van der Waals surface area contributed by atoms with Crippen molar-refractivity contribution in [1.29, 1.82) is 0 Å². The smallest absolute Gasteiger partial charge is 0.115 e. The molecule has 0 aliphatic rings. The fourth-order valence-corrected chi connectivity index (χ4v) is 4.32. The van der Waals surface area contributed by atoms with E-state index in [0.29, 0.717) is 0 Å². The highest BCUT2D eigenvalue weighted by Crippen LogP contribution is 2.35. The van der Waals surface area contributed by atoms with Crippen molar-refractivity contribution in [3.8, 4) is 5.75 Å². The molecule has 0 saturated carbocycles. The standard InChI is InChI=1S/C31H41N3O2/c1-4-29(24-10-6-5-7-11-24)31(26-15-19-28(35)20-16-26)25-13-17-27(18-14-25)33-23-22-32-21-9-8-12-30(36)34(2)3/h5-7,10-11,13-20,30,32-33,35-36H,4,8-9,12,21-23H2,1-3H3/b31-29+. The monoisotopic (exact) mass is 487 g/mol. The second kappa shape index (κ2) is 14.4. The van der Waals surface area contributed by atoms with Crippen molar-refractivity contribution in [2.24, 2.45) is 0 Å². The molecule has 0 saturated heterocycles. The summed E-state index contributed by atoms with van der Waals surface area (Å²) in [5.41, 5.74) is 7.03. The molecule has 36 heavy (non-hydrogen) atoms. The number of allylic oxidation sites excluding steroid dienone is 1. The number of phenolic OH excluding ortho intramolecular Hbond substituents is 1. The Bertz CT molecular complexity index is 1060. The van der Waals surface area contributed by atoms with Gasteiger partial charge in [0.05, 0.1) is 0 Å². The van der Waals surface area contributed by atoms with Crippen LogP contribution in [-0.2, 0) is 0 Å². The molecule has 0 aliphatic heterocycles. The lowest BCUT2D eigenvalue weighted by molar-refractivity contribution is 0.0314. The minimum atomic E-state index is -0.347. The maximum absolute atomic E-state index is 9.82. The third-order valence-electron chi connectivity index (χ3n) is 6.40. The first-order valence-corrected chi connectivity index (χ1v) is 13.0. The Morgan fingerprint density at radius 1 is 0.778 bits per heavy atom. The van der Waals surface area contributed by atoms with Gasteiger partial charge in [-0.3, -0.25) is 4.90 Å². The van der Waals surface area contributed by atoms with Crippen LogP contribution in [0.3, 0.4) is 0 Å². The number of hydrogen-bond acceptors (Lipinski definition) is 5. The van der Waals surface area contributed by atoms with Crippen molar-refractivity contribution in [2.75, 3.05) is 39.0 Å². The average molecular weight is 488 g/mol. The summed E-state index contributed by atoms with van der Waals surface area (Å²) in [6.07, 6.45) is 3.44. The van der Waals surface area contributed by atoms with E-state index in [9.17, 15) is 10.2 Å². The zero-order valence-electron chi connectivity index (χ0n) is 21.9. The van der Waals surface area contributed by atoms with Crippen LogP contribution >= 0.6 is 0 Å². The molecule has 3 aromatic rings. The van der Waals surface area contributed by atoms with Crippen LogP contribution in [0.4, 0.5) is 5.69 Å². The maximum Gasteiger partial charge on any atom is 0.115 e. The molecule has 1 atom stereocenters. The number of benzene rings is 3. The van der Waals surface area contributed by atoms with Gasteiger partial charge in [0.25, 0.3) is 0 Å². The number of hydrogen-bond donors (Lipinski definition) is 4. The van der Waals surface area contributed by atoms with Crippen LogP contribution < -0.4 is 10.6 Å². The number of aliphatic hydroxyl groups excluding tert-OH is 1. The molecular formula is C31H41N3O2. The van der Waals surface area contributed by atoms with Gasteiger partial charge in [-0.15, -0.1) is 0 Å². The summed E-state index contributed by atoms with van der Waals surface area (Å²) in [6, 6.07) is 26.6. The van der Waals surface area contributed by atoms with Crippen molar-refractivity contribution >= 4 is 16.8 Å². The normalized spacial score (nSPS) is 12.9. The maximum atomic E-state index is 9.82. The molecule has 3 rings (SSSR count). The summed E-state index contributed by atoms with van der Waals surface area (Å²) in [7, 11) is 3.80. The Morgan fingerprint density at radius 2 is 1.42 bits per heavy atom. The fourth-order valence-electron chi connectivity index (χ4n) is 4.32. The van der Waals surface area contributed by atoms with Crippen LogP contribution in [0.1, 0.15) is 49.3 Å². The largest absolute Gasteiger partial charge is 0.508 e. The molecule has 192 valence electrons. The zero-order valence-corrected chi connectivity index (χ0v) is 21.9. The van der Waals surface area contributed by atoms with E-state index in [1.165, 1.54) is 16.7 Å². The summed E-state index contributed by atoms with van der Waals surface area (Å²) in [4.78, 5) is 1.84. The summed E-state index contributed by atoms with van der Waals surface area (Å²) >= 11 is 0. The molecular weight excluding hydrogens is 446 g/mol. The van der Waals surface area contributed by atoms with Crippen LogP contribution in [-0.4, -0.2) is 55.1 Å². The van der Waals surface area contributed by atoms with E-state index in [1.54, 1.807) is 12.1 Å². The minimum absolute atomic E-state index is 0.273. The van der Waals surface area contributed by atoms with Gasteiger partial charge >= 0.3 is 0 Å². The number of aromatic hydroxyl groups is 1. The van der Waals surface area contributed by atoms with Crippen molar-refractivity contribution < 1.29 is 10.2 Å². The first-order chi connectivity index (χ1) is 17.5.